The van der Waals surface area contributed by atoms with Gasteiger partial charge in [-0.05, 0) is 130 Å². The van der Waals surface area contributed by atoms with E-state index in [2.05, 4.69) is 108 Å². The first-order chi connectivity index (χ1) is 22.9. The molecule has 3 aliphatic rings. The van der Waals surface area contributed by atoms with Crippen LogP contribution in [0.5, 0.6) is 11.5 Å². The van der Waals surface area contributed by atoms with Crippen LogP contribution in [0.3, 0.4) is 0 Å². The van der Waals surface area contributed by atoms with Gasteiger partial charge in [0, 0.05) is 11.5 Å². The number of benzene rings is 3. The predicted octanol–water partition coefficient (Wildman–Crippen LogP) is 12.7. The molecule has 0 saturated heterocycles. The third kappa shape index (κ3) is 6.96. The molecule has 0 fully saturated rings. The summed E-state index contributed by atoms with van der Waals surface area (Å²) >= 11 is 0. The molecule has 6 rings (SSSR count). The van der Waals surface area contributed by atoms with E-state index in [9.17, 15) is 0 Å². The number of fused-ring (bicyclic) bond motifs is 6. The van der Waals surface area contributed by atoms with E-state index in [0.717, 1.165) is 53.1 Å². The van der Waals surface area contributed by atoms with Gasteiger partial charge in [0.1, 0.15) is 22.7 Å². The van der Waals surface area contributed by atoms with Crippen molar-refractivity contribution in [3.05, 3.63) is 122 Å². The van der Waals surface area contributed by atoms with Gasteiger partial charge in [0.25, 0.3) is 0 Å². The lowest BCUT2D eigenvalue weighted by atomic mass is 9.73. The topological polar surface area (TPSA) is 27.2 Å². The Morgan fingerprint density at radius 1 is 0.729 bits per heavy atom. The summed E-state index contributed by atoms with van der Waals surface area (Å²) in [7, 11) is 0. The van der Waals surface area contributed by atoms with Gasteiger partial charge in [-0.25, -0.2) is 9.69 Å². The first kappa shape index (κ1) is 35.0. The minimum absolute atomic E-state index is 0.0692. The molecule has 0 aromatic heterocycles. The second-order valence-electron chi connectivity index (χ2n) is 14.6. The lowest BCUT2D eigenvalue weighted by molar-refractivity contribution is 0.105. The molecule has 3 aromatic rings. The number of unbranched alkanes of at least 4 members (excludes halogenated alkanes) is 4. The maximum Gasteiger partial charge on any atom is 0.195 e. The Morgan fingerprint density at radius 2 is 1.35 bits per heavy atom. The molecule has 0 spiro atoms. The van der Waals surface area contributed by atoms with Gasteiger partial charge in [0.05, 0.1) is 13.1 Å². The fraction of sp³-hybridized carbons (Fsp3) is 0.455. The van der Waals surface area contributed by atoms with Crippen LogP contribution in [0.25, 0.3) is 20.8 Å². The zero-order chi connectivity index (χ0) is 34.6. The number of ether oxygens (including phenoxy) is 2. The molecule has 0 radical (unpaired) electrons. The van der Waals surface area contributed by atoms with E-state index in [0.29, 0.717) is 5.69 Å². The summed E-state index contributed by atoms with van der Waals surface area (Å²) in [5, 5.41) is 0. The zero-order valence-electron chi connectivity index (χ0n) is 30.3. The molecular weight excluding hydrogens is 588 g/mol. The van der Waals surface area contributed by atoms with Crippen molar-refractivity contribution < 1.29 is 9.47 Å². The summed E-state index contributed by atoms with van der Waals surface area (Å²) in [6, 6.07) is 14.9. The highest BCUT2D eigenvalue weighted by Gasteiger charge is 2.42. The van der Waals surface area contributed by atoms with Crippen molar-refractivity contribution in [1.29, 1.82) is 0 Å². The summed E-state index contributed by atoms with van der Waals surface area (Å²) in [4.78, 5) is 7.60. The van der Waals surface area contributed by atoms with Crippen LogP contribution in [0, 0.1) is 27.0 Å². The Bertz CT molecular complexity index is 1830. The molecule has 0 saturated carbocycles. The predicted molar refractivity (Wildman–Crippen MR) is 199 cm³/mol. The first-order valence-corrected chi connectivity index (χ1v) is 17.9. The van der Waals surface area contributed by atoms with E-state index in [4.69, 9.17) is 22.6 Å². The van der Waals surface area contributed by atoms with Crippen LogP contribution in [0.15, 0.2) is 65.9 Å². The van der Waals surface area contributed by atoms with Crippen molar-refractivity contribution in [1.82, 2.24) is 0 Å². The lowest BCUT2D eigenvalue weighted by Crippen LogP contribution is -2.39. The minimum Gasteiger partial charge on any atom is -0.483 e. The van der Waals surface area contributed by atoms with Crippen molar-refractivity contribution in [2.75, 3.05) is 0 Å². The highest BCUT2D eigenvalue weighted by molar-refractivity contribution is 5.89. The van der Waals surface area contributed by atoms with Crippen LogP contribution in [-0.4, -0.2) is 5.60 Å². The Morgan fingerprint density at radius 3 is 1.98 bits per heavy atom. The van der Waals surface area contributed by atoms with E-state index in [1.807, 2.05) is 12.1 Å². The summed E-state index contributed by atoms with van der Waals surface area (Å²) in [6.45, 7) is 32.4. The SMILES string of the molecule is [C-]#[N+]C1=CCC=C2C1c1c(C)cc(CCCCC)cc1OC2(C)C.[C-]#[N+]c1cccc2c1-c1c(C)cc(CCCCC)cc1OC2(C)C. The Hall–Kier alpha value is -4.28. The molecule has 250 valence electrons. The summed E-state index contributed by atoms with van der Waals surface area (Å²) in [6.07, 6.45) is 14.8. The molecule has 3 aromatic carbocycles. The minimum atomic E-state index is -0.419. The van der Waals surface area contributed by atoms with Crippen LogP contribution in [-0.2, 0) is 18.4 Å². The molecule has 0 bridgehead atoms. The Kier molecular flexibility index (Phi) is 10.6. The van der Waals surface area contributed by atoms with E-state index < -0.39 is 5.60 Å². The maximum absolute atomic E-state index is 7.60. The Labute approximate surface area is 289 Å². The number of nitrogens with zero attached hydrogens (tertiary/aromatic N) is 2. The van der Waals surface area contributed by atoms with E-state index in [1.54, 1.807) is 0 Å². The van der Waals surface area contributed by atoms with E-state index >= 15 is 0 Å². The molecule has 1 unspecified atom stereocenters. The van der Waals surface area contributed by atoms with Gasteiger partial charge in [-0.3, -0.25) is 0 Å². The largest absolute Gasteiger partial charge is 0.483 e. The van der Waals surface area contributed by atoms with Crippen molar-refractivity contribution in [2.45, 2.75) is 130 Å². The fourth-order valence-corrected chi connectivity index (χ4v) is 7.74. The maximum atomic E-state index is 7.60. The molecule has 48 heavy (non-hydrogen) atoms. The van der Waals surface area contributed by atoms with Gasteiger partial charge in [-0.15, -0.1) is 0 Å². The van der Waals surface area contributed by atoms with Gasteiger partial charge in [-0.2, -0.15) is 0 Å². The molecule has 2 heterocycles. The van der Waals surface area contributed by atoms with Crippen LogP contribution < -0.4 is 9.47 Å². The molecule has 4 nitrogen and oxygen atoms in total. The zero-order valence-corrected chi connectivity index (χ0v) is 30.3. The summed E-state index contributed by atoms with van der Waals surface area (Å²) in [5.74, 6) is 1.97. The second-order valence-corrected chi connectivity index (χ2v) is 14.6. The number of allylic oxidation sites excluding steroid dienone is 3. The summed E-state index contributed by atoms with van der Waals surface area (Å²) in [5.41, 5.74) is 11.6. The average Bonchev–Trinajstić information content (AvgIpc) is 3.04. The highest BCUT2D eigenvalue weighted by Crippen LogP contribution is 2.52. The van der Waals surface area contributed by atoms with Crippen LogP contribution in [0.1, 0.15) is 126 Å². The van der Waals surface area contributed by atoms with Crippen LogP contribution in [0.4, 0.5) is 5.69 Å². The third-order valence-corrected chi connectivity index (χ3v) is 10.1. The number of hydrogen-bond donors (Lipinski definition) is 0. The standard InChI is InChI=1S/C22H27NO.C22H25NO/c2*1-6-7-8-10-16-13-15(2)20-19(14-16)24-22(3,4)17-11-9-12-18(23-5)21(17)20/h11-14,21H,6-10H2,1-4H3;9,11-14H,6-8,10H2,1-4H3. The van der Waals surface area contributed by atoms with Gasteiger partial charge in [0.2, 0.25) is 0 Å². The molecule has 1 aliphatic carbocycles. The van der Waals surface area contributed by atoms with E-state index in [1.165, 1.54) is 71.9 Å². The van der Waals surface area contributed by atoms with Crippen molar-refractivity contribution in [2.24, 2.45) is 0 Å². The average molecular weight is 641 g/mol. The van der Waals surface area contributed by atoms with Crippen LogP contribution in [0.2, 0.25) is 0 Å². The van der Waals surface area contributed by atoms with Crippen molar-refractivity contribution >= 4 is 5.69 Å². The molecule has 0 amide bonds. The Balaban J connectivity index is 0.000000188. The quantitative estimate of drug-likeness (QED) is 0.139. The van der Waals surface area contributed by atoms with Gasteiger partial charge < -0.3 is 9.47 Å². The fourth-order valence-electron chi connectivity index (χ4n) is 7.74. The molecule has 1 atom stereocenters. The molecule has 4 heteroatoms. The summed E-state index contributed by atoms with van der Waals surface area (Å²) < 4.78 is 12.8. The monoisotopic (exact) mass is 640 g/mol. The smallest absolute Gasteiger partial charge is 0.195 e. The van der Waals surface area contributed by atoms with Crippen molar-refractivity contribution in [3.63, 3.8) is 0 Å². The first-order valence-electron chi connectivity index (χ1n) is 17.9. The number of aryl methyl sites for hydroxylation is 4. The second kappa shape index (κ2) is 14.5. The van der Waals surface area contributed by atoms with E-state index in [-0.39, 0.29) is 11.5 Å². The normalized spacial score (nSPS) is 17.6. The molecule has 0 N–H and O–H groups in total. The van der Waals surface area contributed by atoms with Gasteiger partial charge in [-0.1, -0.05) is 82.0 Å². The molecule has 2 aliphatic heterocycles. The lowest BCUT2D eigenvalue weighted by Gasteiger charge is -2.42. The van der Waals surface area contributed by atoms with Crippen LogP contribution >= 0.6 is 0 Å². The van der Waals surface area contributed by atoms with Gasteiger partial charge >= 0.3 is 0 Å². The highest BCUT2D eigenvalue weighted by atomic mass is 16.5. The molecular formula is C44H52N2O2. The van der Waals surface area contributed by atoms with Gasteiger partial charge in [0.15, 0.2) is 11.4 Å². The number of rotatable bonds is 8. The number of hydrogen-bond acceptors (Lipinski definition) is 2. The van der Waals surface area contributed by atoms with Crippen molar-refractivity contribution in [3.8, 4) is 22.6 Å². The third-order valence-electron chi connectivity index (χ3n) is 10.1.